The maximum absolute atomic E-state index is 11.1. The molecule has 0 saturated carbocycles. The van der Waals surface area contributed by atoms with E-state index in [2.05, 4.69) is 6.92 Å². The third-order valence-corrected chi connectivity index (χ3v) is 5.98. The van der Waals surface area contributed by atoms with Crippen molar-refractivity contribution in [3.05, 3.63) is 0 Å². The van der Waals surface area contributed by atoms with E-state index in [4.69, 9.17) is 9.42 Å². The van der Waals surface area contributed by atoms with Crippen molar-refractivity contribution in [3.8, 4) is 0 Å². The maximum atomic E-state index is 11.1. The van der Waals surface area contributed by atoms with E-state index in [0.29, 0.717) is 17.4 Å². The summed E-state index contributed by atoms with van der Waals surface area (Å²) in [7, 11) is 1.33. The van der Waals surface area contributed by atoms with Crippen LogP contribution >= 0.6 is 7.82 Å². The number of phosphoric ester groups is 1. The number of likely N-dealkylation sites (N-methyl/N-ethyl adjacent to an activating group) is 1. The highest BCUT2D eigenvalue weighted by Crippen LogP contribution is 2.34. The van der Waals surface area contributed by atoms with Gasteiger partial charge in [-0.2, -0.15) is 0 Å². The van der Waals surface area contributed by atoms with E-state index >= 15 is 0 Å². The Hall–Kier alpha value is 0.0700. The van der Waals surface area contributed by atoms with Gasteiger partial charge in [-0.3, -0.25) is 4.57 Å². The van der Waals surface area contributed by atoms with Crippen LogP contribution in [0, 0.1) is 0 Å². The summed E-state index contributed by atoms with van der Waals surface area (Å²) in [5.74, 6) is 0. The highest BCUT2D eigenvalue weighted by molar-refractivity contribution is 7.44. The summed E-state index contributed by atoms with van der Waals surface area (Å²) in [5.41, 5.74) is 0. The zero-order chi connectivity index (χ0) is 22.0. The standard InChI is InChI=1S/C23H50NO4P/c1-5-6-7-8-9-10-11-12-13-14-15-16-17-18-19-20-21-23(22-24(2,3)4)28-29(25,26)27/h23H,5-22H2,1-4H3,(H-,25,26,27). The highest BCUT2D eigenvalue weighted by atomic mass is 31.2. The molecule has 0 spiro atoms. The molecule has 0 amide bonds. The molecular weight excluding hydrogens is 385 g/mol. The van der Waals surface area contributed by atoms with Crippen molar-refractivity contribution in [3.63, 3.8) is 0 Å². The van der Waals surface area contributed by atoms with Gasteiger partial charge < -0.3 is 18.8 Å². The van der Waals surface area contributed by atoms with Gasteiger partial charge in [0, 0.05) is 0 Å². The molecule has 5 nitrogen and oxygen atoms in total. The van der Waals surface area contributed by atoms with Gasteiger partial charge in [-0.15, -0.1) is 0 Å². The molecule has 0 aliphatic carbocycles. The fourth-order valence-electron chi connectivity index (χ4n) is 3.90. The lowest BCUT2D eigenvalue weighted by molar-refractivity contribution is -0.873. The Bertz CT molecular complexity index is 406. The van der Waals surface area contributed by atoms with Crippen molar-refractivity contribution in [2.75, 3.05) is 27.7 Å². The van der Waals surface area contributed by atoms with E-state index in [-0.39, 0.29) is 0 Å². The van der Waals surface area contributed by atoms with E-state index < -0.39 is 13.9 Å². The van der Waals surface area contributed by atoms with Crippen molar-refractivity contribution in [1.82, 2.24) is 0 Å². The molecule has 176 valence electrons. The smallest absolute Gasteiger partial charge is 0.265 e. The number of nitrogens with zero attached hydrogens (tertiary/aromatic N) is 1. The minimum atomic E-state index is -4.66. The van der Waals surface area contributed by atoms with Gasteiger partial charge in [0.2, 0.25) is 0 Å². The van der Waals surface area contributed by atoms with Gasteiger partial charge in [0.05, 0.1) is 21.1 Å². The second kappa shape index (κ2) is 17.7. The molecule has 0 rings (SSSR count). The predicted molar refractivity (Wildman–Crippen MR) is 122 cm³/mol. The zero-order valence-electron chi connectivity index (χ0n) is 19.9. The highest BCUT2D eigenvalue weighted by Gasteiger charge is 2.22. The molecule has 29 heavy (non-hydrogen) atoms. The lowest BCUT2D eigenvalue weighted by atomic mass is 10.0. The fourth-order valence-corrected chi connectivity index (χ4v) is 4.45. The second-order valence-corrected chi connectivity index (χ2v) is 10.9. The Morgan fingerprint density at radius 1 is 0.759 bits per heavy atom. The average Bonchev–Trinajstić information content (AvgIpc) is 2.58. The van der Waals surface area contributed by atoms with Crippen LogP contribution in [-0.4, -0.2) is 43.2 Å². The second-order valence-electron chi connectivity index (χ2n) is 9.76. The van der Waals surface area contributed by atoms with Crippen LogP contribution in [0.5, 0.6) is 0 Å². The summed E-state index contributed by atoms with van der Waals surface area (Å²) in [5, 5.41) is 0. The van der Waals surface area contributed by atoms with E-state index in [9.17, 15) is 9.46 Å². The number of hydrogen-bond acceptors (Lipinski definition) is 3. The van der Waals surface area contributed by atoms with Crippen LogP contribution in [-0.2, 0) is 9.09 Å². The van der Waals surface area contributed by atoms with Gasteiger partial charge in [0.15, 0.2) is 0 Å². The molecule has 0 bridgehead atoms. The zero-order valence-corrected chi connectivity index (χ0v) is 20.8. The topological polar surface area (TPSA) is 69.6 Å². The number of unbranched alkanes of at least 4 members (excludes halogenated alkanes) is 15. The molecule has 2 unspecified atom stereocenters. The molecule has 0 radical (unpaired) electrons. The minimum absolute atomic E-state index is 0.435. The normalized spacial score (nSPS) is 15.4. The van der Waals surface area contributed by atoms with Crippen molar-refractivity contribution in [1.29, 1.82) is 0 Å². The SMILES string of the molecule is CCCCCCCCCCCCCCCCCCC(C[N+](C)(C)C)OP(=O)([O-])O. The number of rotatable bonds is 21. The third kappa shape index (κ3) is 24.2. The van der Waals surface area contributed by atoms with Crippen LogP contribution in [0.3, 0.4) is 0 Å². The Morgan fingerprint density at radius 3 is 1.41 bits per heavy atom. The van der Waals surface area contributed by atoms with Crippen LogP contribution in [0.4, 0.5) is 0 Å². The Balaban J connectivity index is 3.51. The number of quaternary nitrogens is 1. The first-order valence-electron chi connectivity index (χ1n) is 12.2. The van der Waals surface area contributed by atoms with Gasteiger partial charge in [-0.05, 0) is 6.42 Å². The monoisotopic (exact) mass is 435 g/mol. The molecule has 0 aromatic heterocycles. The average molecular weight is 436 g/mol. The van der Waals surface area contributed by atoms with Crippen LogP contribution in [0.25, 0.3) is 0 Å². The molecule has 0 aliphatic rings. The molecule has 0 heterocycles. The van der Waals surface area contributed by atoms with Crippen molar-refractivity contribution in [2.24, 2.45) is 0 Å². The number of hydrogen-bond donors (Lipinski definition) is 1. The molecule has 0 fully saturated rings. The fraction of sp³-hybridized carbons (Fsp3) is 1.00. The van der Waals surface area contributed by atoms with Crippen LogP contribution in [0.15, 0.2) is 0 Å². The molecule has 6 heteroatoms. The maximum Gasteiger partial charge on any atom is 0.265 e. The van der Waals surface area contributed by atoms with Crippen LogP contribution < -0.4 is 4.89 Å². The summed E-state index contributed by atoms with van der Waals surface area (Å²) in [6.07, 6.45) is 21.4. The third-order valence-electron chi connectivity index (χ3n) is 5.41. The largest absolute Gasteiger partial charge is 0.756 e. The minimum Gasteiger partial charge on any atom is -0.756 e. The van der Waals surface area contributed by atoms with E-state index in [1.807, 2.05) is 21.1 Å². The number of phosphoric acid groups is 1. The molecule has 0 saturated heterocycles. The Labute approximate surface area is 181 Å². The first kappa shape index (κ1) is 29.1. The van der Waals surface area contributed by atoms with E-state index in [1.165, 1.54) is 89.9 Å². The summed E-state index contributed by atoms with van der Waals surface area (Å²) >= 11 is 0. The molecule has 0 aliphatic heterocycles. The van der Waals surface area contributed by atoms with Crippen molar-refractivity contribution in [2.45, 2.75) is 122 Å². The van der Waals surface area contributed by atoms with Crippen LogP contribution in [0.2, 0.25) is 0 Å². The lowest BCUT2D eigenvalue weighted by Gasteiger charge is -2.31. The lowest BCUT2D eigenvalue weighted by Crippen LogP contribution is -2.42. The first-order valence-corrected chi connectivity index (χ1v) is 13.7. The summed E-state index contributed by atoms with van der Waals surface area (Å²) < 4.78 is 16.5. The van der Waals surface area contributed by atoms with Crippen molar-refractivity contribution >= 4 is 7.82 Å². The summed E-state index contributed by atoms with van der Waals surface area (Å²) in [6, 6.07) is 0. The molecular formula is C23H50NO4P. The van der Waals surface area contributed by atoms with E-state index in [0.717, 1.165) is 12.8 Å². The Morgan fingerprint density at radius 2 is 1.10 bits per heavy atom. The summed E-state index contributed by atoms with van der Waals surface area (Å²) in [6.45, 7) is 2.84. The van der Waals surface area contributed by atoms with Gasteiger partial charge in [0.25, 0.3) is 7.82 Å². The molecule has 0 aromatic carbocycles. The predicted octanol–water partition coefficient (Wildman–Crippen LogP) is 6.19. The Kier molecular flexibility index (Phi) is 17.8. The van der Waals surface area contributed by atoms with Gasteiger partial charge in [0.1, 0.15) is 12.6 Å². The van der Waals surface area contributed by atoms with Crippen LogP contribution in [0.1, 0.15) is 116 Å². The molecule has 0 aromatic rings. The molecule has 1 N–H and O–H groups in total. The van der Waals surface area contributed by atoms with Gasteiger partial charge in [-0.25, -0.2) is 0 Å². The quantitative estimate of drug-likeness (QED) is 0.133. The van der Waals surface area contributed by atoms with Crippen molar-refractivity contribution < 1.29 is 23.4 Å². The molecule has 2 atom stereocenters. The van der Waals surface area contributed by atoms with Gasteiger partial charge in [-0.1, -0.05) is 110 Å². The summed E-state index contributed by atoms with van der Waals surface area (Å²) in [4.78, 5) is 20.0. The first-order chi connectivity index (χ1) is 13.6. The van der Waals surface area contributed by atoms with E-state index in [1.54, 1.807) is 0 Å². The van der Waals surface area contributed by atoms with Gasteiger partial charge >= 0.3 is 0 Å².